The fourth-order valence-corrected chi connectivity index (χ4v) is 1.15. The summed E-state index contributed by atoms with van der Waals surface area (Å²) in [5.41, 5.74) is 0. The standard InChI is InChI=1S/C7H15N/c1-6(5-8-2)7-3-4-7/h6-8H,3-5H2,1-2H3/t6-/m0/s1. The summed E-state index contributed by atoms with van der Waals surface area (Å²) in [5, 5.41) is 3.19. The summed E-state index contributed by atoms with van der Waals surface area (Å²) in [6.45, 7) is 3.53. The quantitative estimate of drug-likeness (QED) is 0.581. The molecule has 0 aromatic rings. The lowest BCUT2D eigenvalue weighted by molar-refractivity contribution is 0.483. The van der Waals surface area contributed by atoms with Gasteiger partial charge in [-0.2, -0.15) is 0 Å². The van der Waals surface area contributed by atoms with Gasteiger partial charge < -0.3 is 5.32 Å². The summed E-state index contributed by atoms with van der Waals surface area (Å²) in [6.07, 6.45) is 2.95. The average Bonchev–Trinajstić information content (AvgIpc) is 2.45. The smallest absolute Gasteiger partial charge is 0.00235 e. The van der Waals surface area contributed by atoms with Crippen LogP contribution in [0.15, 0.2) is 0 Å². The maximum Gasteiger partial charge on any atom is -0.00235 e. The molecule has 0 heterocycles. The molecule has 1 rings (SSSR count). The van der Waals surface area contributed by atoms with Crippen molar-refractivity contribution in [1.82, 2.24) is 5.32 Å². The molecule has 0 unspecified atom stereocenters. The van der Waals surface area contributed by atoms with Crippen LogP contribution in [0.25, 0.3) is 0 Å². The first-order valence-corrected chi connectivity index (χ1v) is 3.49. The van der Waals surface area contributed by atoms with Gasteiger partial charge in [-0.25, -0.2) is 0 Å². The van der Waals surface area contributed by atoms with Gasteiger partial charge in [0, 0.05) is 0 Å². The van der Waals surface area contributed by atoms with E-state index >= 15 is 0 Å². The minimum Gasteiger partial charge on any atom is -0.319 e. The van der Waals surface area contributed by atoms with Gasteiger partial charge in [0.1, 0.15) is 0 Å². The SMILES string of the molecule is CNC[C@H](C)C1CC1. The zero-order valence-electron chi connectivity index (χ0n) is 5.78. The third kappa shape index (κ3) is 1.48. The van der Waals surface area contributed by atoms with Crippen molar-refractivity contribution in [3.63, 3.8) is 0 Å². The zero-order chi connectivity index (χ0) is 5.98. The predicted molar refractivity (Wildman–Crippen MR) is 35.8 cm³/mol. The van der Waals surface area contributed by atoms with E-state index < -0.39 is 0 Å². The molecule has 1 heteroatoms. The van der Waals surface area contributed by atoms with Crippen LogP contribution in [0.1, 0.15) is 19.8 Å². The first kappa shape index (κ1) is 6.09. The van der Waals surface area contributed by atoms with E-state index in [2.05, 4.69) is 12.2 Å². The average molecular weight is 113 g/mol. The van der Waals surface area contributed by atoms with Gasteiger partial charge >= 0.3 is 0 Å². The van der Waals surface area contributed by atoms with Crippen LogP contribution >= 0.6 is 0 Å². The van der Waals surface area contributed by atoms with Crippen LogP contribution in [0.5, 0.6) is 0 Å². The second-order valence-corrected chi connectivity index (χ2v) is 2.87. The van der Waals surface area contributed by atoms with Gasteiger partial charge in [-0.3, -0.25) is 0 Å². The second-order valence-electron chi connectivity index (χ2n) is 2.87. The molecule has 1 atom stereocenters. The predicted octanol–water partition coefficient (Wildman–Crippen LogP) is 1.25. The van der Waals surface area contributed by atoms with Crippen LogP contribution in [-0.4, -0.2) is 13.6 Å². The molecular weight excluding hydrogens is 98.1 g/mol. The highest BCUT2D eigenvalue weighted by Gasteiger charge is 2.26. The molecule has 1 N–H and O–H groups in total. The van der Waals surface area contributed by atoms with Crippen molar-refractivity contribution in [1.29, 1.82) is 0 Å². The normalized spacial score (nSPS) is 23.2. The van der Waals surface area contributed by atoms with E-state index in [1.54, 1.807) is 0 Å². The summed E-state index contributed by atoms with van der Waals surface area (Å²) in [4.78, 5) is 0. The summed E-state index contributed by atoms with van der Waals surface area (Å²) < 4.78 is 0. The molecule has 0 bridgehead atoms. The lowest BCUT2D eigenvalue weighted by atomic mass is 10.1. The first-order valence-electron chi connectivity index (χ1n) is 3.49. The van der Waals surface area contributed by atoms with Gasteiger partial charge in [0.2, 0.25) is 0 Å². The van der Waals surface area contributed by atoms with Gasteiger partial charge in [-0.05, 0) is 38.3 Å². The molecule has 1 nitrogen and oxygen atoms in total. The molecule has 0 amide bonds. The summed E-state index contributed by atoms with van der Waals surface area (Å²) in [6, 6.07) is 0. The molecule has 1 aliphatic carbocycles. The van der Waals surface area contributed by atoms with E-state index in [0.29, 0.717) is 0 Å². The Labute approximate surface area is 51.5 Å². The van der Waals surface area contributed by atoms with Crippen LogP contribution in [0, 0.1) is 11.8 Å². The Bertz CT molecular complexity index is 66.8. The van der Waals surface area contributed by atoms with Crippen molar-refractivity contribution in [2.24, 2.45) is 11.8 Å². The fraction of sp³-hybridized carbons (Fsp3) is 1.00. The molecule has 0 aliphatic heterocycles. The van der Waals surface area contributed by atoms with Crippen molar-refractivity contribution in [2.45, 2.75) is 19.8 Å². The molecule has 1 fully saturated rings. The van der Waals surface area contributed by atoms with E-state index in [9.17, 15) is 0 Å². The lowest BCUT2D eigenvalue weighted by Gasteiger charge is -2.06. The Balaban J connectivity index is 2.03. The Hall–Kier alpha value is -0.0400. The van der Waals surface area contributed by atoms with Gasteiger partial charge in [0.15, 0.2) is 0 Å². The highest BCUT2D eigenvalue weighted by molar-refractivity contribution is 4.79. The fourth-order valence-electron chi connectivity index (χ4n) is 1.15. The molecule has 8 heavy (non-hydrogen) atoms. The molecule has 1 aliphatic rings. The van der Waals surface area contributed by atoms with Crippen molar-refractivity contribution in [3.05, 3.63) is 0 Å². The number of rotatable bonds is 3. The minimum absolute atomic E-state index is 0.917. The van der Waals surface area contributed by atoms with Crippen LogP contribution in [0.4, 0.5) is 0 Å². The highest BCUT2D eigenvalue weighted by atomic mass is 14.8. The largest absolute Gasteiger partial charge is 0.319 e. The van der Waals surface area contributed by atoms with E-state index in [4.69, 9.17) is 0 Å². The van der Waals surface area contributed by atoms with Gasteiger partial charge in [-0.1, -0.05) is 6.92 Å². The Morgan fingerprint density at radius 2 is 2.25 bits per heavy atom. The topological polar surface area (TPSA) is 12.0 Å². The second kappa shape index (κ2) is 2.49. The van der Waals surface area contributed by atoms with Crippen LogP contribution in [-0.2, 0) is 0 Å². The maximum atomic E-state index is 3.19. The third-order valence-corrected chi connectivity index (χ3v) is 1.95. The third-order valence-electron chi connectivity index (χ3n) is 1.95. The Morgan fingerprint density at radius 3 is 2.62 bits per heavy atom. The molecule has 48 valence electrons. The van der Waals surface area contributed by atoms with Crippen LogP contribution < -0.4 is 5.32 Å². The summed E-state index contributed by atoms with van der Waals surface area (Å²) in [5.74, 6) is 1.97. The van der Waals surface area contributed by atoms with Crippen molar-refractivity contribution >= 4 is 0 Å². The number of hydrogen-bond acceptors (Lipinski definition) is 1. The summed E-state index contributed by atoms with van der Waals surface area (Å²) in [7, 11) is 2.03. The monoisotopic (exact) mass is 113 g/mol. The van der Waals surface area contributed by atoms with Gasteiger partial charge in [0.25, 0.3) is 0 Å². The van der Waals surface area contributed by atoms with Crippen molar-refractivity contribution in [2.75, 3.05) is 13.6 Å². The first-order chi connectivity index (χ1) is 3.84. The number of nitrogens with one attached hydrogen (secondary N) is 1. The van der Waals surface area contributed by atoms with Gasteiger partial charge in [-0.15, -0.1) is 0 Å². The molecule has 0 aromatic carbocycles. The van der Waals surface area contributed by atoms with E-state index in [0.717, 1.165) is 11.8 Å². The highest BCUT2D eigenvalue weighted by Crippen LogP contribution is 2.35. The lowest BCUT2D eigenvalue weighted by Crippen LogP contribution is -2.17. The van der Waals surface area contributed by atoms with Crippen LogP contribution in [0.3, 0.4) is 0 Å². The number of hydrogen-bond donors (Lipinski definition) is 1. The van der Waals surface area contributed by atoms with Crippen molar-refractivity contribution in [3.8, 4) is 0 Å². The maximum absolute atomic E-state index is 3.19. The van der Waals surface area contributed by atoms with Crippen LogP contribution in [0.2, 0.25) is 0 Å². The van der Waals surface area contributed by atoms with E-state index in [1.807, 2.05) is 7.05 Å². The Kier molecular flexibility index (Phi) is 1.90. The zero-order valence-corrected chi connectivity index (χ0v) is 5.78. The van der Waals surface area contributed by atoms with E-state index in [1.165, 1.54) is 19.4 Å². The molecule has 0 spiro atoms. The van der Waals surface area contributed by atoms with Crippen molar-refractivity contribution < 1.29 is 0 Å². The Morgan fingerprint density at radius 1 is 1.62 bits per heavy atom. The molecule has 1 saturated carbocycles. The molecule has 0 aromatic heterocycles. The van der Waals surface area contributed by atoms with E-state index in [-0.39, 0.29) is 0 Å². The summed E-state index contributed by atoms with van der Waals surface area (Å²) >= 11 is 0. The molecule has 0 radical (unpaired) electrons. The molecule has 0 saturated heterocycles. The van der Waals surface area contributed by atoms with Gasteiger partial charge in [0.05, 0.1) is 0 Å². The molecular formula is C7H15N. The minimum atomic E-state index is 0.917.